The van der Waals surface area contributed by atoms with Gasteiger partial charge in [0.1, 0.15) is 0 Å². The van der Waals surface area contributed by atoms with Crippen molar-refractivity contribution in [2.45, 2.75) is 11.8 Å². The highest BCUT2D eigenvalue weighted by atomic mass is 35.5. The standard InChI is InChI=1S/C14H9Cl2F3O/c15-11-6-4-9(5-7-11)13(20,14(17,18)19)10-2-1-3-12(16)8-10/h1-8,20H. The summed E-state index contributed by atoms with van der Waals surface area (Å²) in [4.78, 5) is 0. The molecule has 106 valence electrons. The van der Waals surface area contributed by atoms with Crippen LogP contribution in [0.1, 0.15) is 11.1 Å². The second kappa shape index (κ2) is 5.28. The zero-order valence-electron chi connectivity index (χ0n) is 9.96. The molecule has 0 bridgehead atoms. The highest BCUT2D eigenvalue weighted by Crippen LogP contribution is 2.44. The van der Waals surface area contributed by atoms with Crippen LogP contribution in [0, 0.1) is 0 Å². The van der Waals surface area contributed by atoms with E-state index in [1.807, 2.05) is 0 Å². The number of hydrogen-bond donors (Lipinski definition) is 1. The van der Waals surface area contributed by atoms with Gasteiger partial charge in [0.15, 0.2) is 0 Å². The molecule has 20 heavy (non-hydrogen) atoms. The lowest BCUT2D eigenvalue weighted by molar-refractivity contribution is -0.248. The van der Waals surface area contributed by atoms with Crippen LogP contribution in [0.25, 0.3) is 0 Å². The fourth-order valence-electron chi connectivity index (χ4n) is 1.90. The van der Waals surface area contributed by atoms with Crippen molar-refractivity contribution in [1.29, 1.82) is 0 Å². The smallest absolute Gasteiger partial charge is 0.372 e. The van der Waals surface area contributed by atoms with Crippen LogP contribution >= 0.6 is 23.2 Å². The summed E-state index contributed by atoms with van der Waals surface area (Å²) in [6, 6.07) is 9.90. The van der Waals surface area contributed by atoms with E-state index >= 15 is 0 Å². The van der Waals surface area contributed by atoms with Crippen molar-refractivity contribution in [1.82, 2.24) is 0 Å². The lowest BCUT2D eigenvalue weighted by atomic mass is 9.86. The lowest BCUT2D eigenvalue weighted by Gasteiger charge is -2.31. The first-order chi connectivity index (χ1) is 9.25. The molecular weight excluding hydrogens is 312 g/mol. The van der Waals surface area contributed by atoms with Gasteiger partial charge in [-0.1, -0.05) is 47.5 Å². The summed E-state index contributed by atoms with van der Waals surface area (Å²) in [5.74, 6) is 0. The van der Waals surface area contributed by atoms with Gasteiger partial charge in [-0.3, -0.25) is 0 Å². The molecule has 0 saturated carbocycles. The largest absolute Gasteiger partial charge is 0.425 e. The quantitative estimate of drug-likeness (QED) is 0.843. The maximum absolute atomic E-state index is 13.4. The molecule has 0 radical (unpaired) electrons. The van der Waals surface area contributed by atoms with E-state index in [0.29, 0.717) is 0 Å². The van der Waals surface area contributed by atoms with Gasteiger partial charge < -0.3 is 5.11 Å². The summed E-state index contributed by atoms with van der Waals surface area (Å²) in [6.45, 7) is 0. The normalized spacial score (nSPS) is 14.9. The van der Waals surface area contributed by atoms with Gasteiger partial charge in [0, 0.05) is 10.0 Å². The minimum absolute atomic E-state index is 0.110. The van der Waals surface area contributed by atoms with Gasteiger partial charge in [-0.2, -0.15) is 13.2 Å². The minimum Gasteiger partial charge on any atom is -0.372 e. The van der Waals surface area contributed by atoms with Crippen molar-refractivity contribution in [3.05, 3.63) is 69.7 Å². The Morgan fingerprint density at radius 2 is 1.40 bits per heavy atom. The Morgan fingerprint density at radius 3 is 1.90 bits per heavy atom. The molecule has 1 unspecified atom stereocenters. The summed E-state index contributed by atoms with van der Waals surface area (Å²) in [5, 5.41) is 10.7. The molecule has 0 amide bonds. The molecule has 0 spiro atoms. The molecule has 6 heteroatoms. The first-order valence-corrected chi connectivity index (χ1v) is 6.32. The predicted octanol–water partition coefficient (Wildman–Crippen LogP) is 4.79. The van der Waals surface area contributed by atoms with Gasteiger partial charge in [-0.25, -0.2) is 0 Å². The van der Waals surface area contributed by atoms with Crippen molar-refractivity contribution in [2.75, 3.05) is 0 Å². The van der Waals surface area contributed by atoms with Crippen molar-refractivity contribution in [3.8, 4) is 0 Å². The molecule has 2 rings (SSSR count). The fourth-order valence-corrected chi connectivity index (χ4v) is 2.21. The number of benzene rings is 2. The first-order valence-electron chi connectivity index (χ1n) is 5.56. The Kier molecular flexibility index (Phi) is 4.00. The summed E-state index contributed by atoms with van der Waals surface area (Å²) < 4.78 is 40.1. The molecule has 0 aromatic heterocycles. The Bertz CT molecular complexity index is 611. The van der Waals surface area contributed by atoms with E-state index in [9.17, 15) is 18.3 Å². The molecule has 0 saturated heterocycles. The molecule has 0 aliphatic heterocycles. The van der Waals surface area contributed by atoms with Crippen molar-refractivity contribution < 1.29 is 18.3 Å². The Balaban J connectivity index is 2.66. The molecule has 2 aromatic rings. The molecular formula is C14H9Cl2F3O. The van der Waals surface area contributed by atoms with Crippen LogP contribution in [0.15, 0.2) is 48.5 Å². The van der Waals surface area contributed by atoms with E-state index in [4.69, 9.17) is 23.2 Å². The van der Waals surface area contributed by atoms with Crippen LogP contribution < -0.4 is 0 Å². The Hall–Kier alpha value is -1.23. The first kappa shape index (κ1) is 15.2. The zero-order valence-corrected chi connectivity index (χ0v) is 11.5. The Labute approximate surface area is 123 Å². The Morgan fingerprint density at radius 1 is 0.800 bits per heavy atom. The topological polar surface area (TPSA) is 20.2 Å². The van der Waals surface area contributed by atoms with Crippen LogP contribution in [0.3, 0.4) is 0 Å². The van der Waals surface area contributed by atoms with Crippen molar-refractivity contribution in [3.63, 3.8) is 0 Å². The van der Waals surface area contributed by atoms with E-state index in [-0.39, 0.29) is 21.2 Å². The van der Waals surface area contributed by atoms with Gasteiger partial charge in [0.05, 0.1) is 0 Å². The van der Waals surface area contributed by atoms with Crippen LogP contribution in [-0.2, 0) is 5.60 Å². The van der Waals surface area contributed by atoms with Crippen LogP contribution in [0.5, 0.6) is 0 Å². The zero-order chi connectivity index (χ0) is 15.0. The molecule has 0 heterocycles. The number of halogens is 5. The predicted molar refractivity (Wildman–Crippen MR) is 72.0 cm³/mol. The summed E-state index contributed by atoms with van der Waals surface area (Å²) in [7, 11) is 0. The third-order valence-corrected chi connectivity index (χ3v) is 3.40. The third kappa shape index (κ3) is 2.64. The maximum Gasteiger partial charge on any atom is 0.425 e. The van der Waals surface area contributed by atoms with E-state index in [0.717, 1.165) is 18.2 Å². The molecule has 1 atom stereocenters. The fraction of sp³-hybridized carbons (Fsp3) is 0.143. The van der Waals surface area contributed by atoms with Crippen LogP contribution in [-0.4, -0.2) is 11.3 Å². The molecule has 0 aliphatic rings. The summed E-state index contributed by atoms with van der Waals surface area (Å²) in [6.07, 6.45) is -4.90. The molecule has 2 aromatic carbocycles. The van der Waals surface area contributed by atoms with Crippen LogP contribution in [0.2, 0.25) is 10.0 Å². The van der Waals surface area contributed by atoms with Gasteiger partial charge in [-0.05, 0) is 35.4 Å². The van der Waals surface area contributed by atoms with Gasteiger partial charge in [0.2, 0.25) is 5.60 Å². The second-order valence-electron chi connectivity index (χ2n) is 4.23. The number of rotatable bonds is 2. The van der Waals surface area contributed by atoms with Gasteiger partial charge >= 0.3 is 6.18 Å². The highest BCUT2D eigenvalue weighted by molar-refractivity contribution is 6.30. The maximum atomic E-state index is 13.4. The van der Waals surface area contributed by atoms with E-state index in [1.165, 1.54) is 30.3 Å². The number of aliphatic hydroxyl groups is 1. The summed E-state index contributed by atoms with van der Waals surface area (Å²) in [5.41, 5.74) is -3.81. The second-order valence-corrected chi connectivity index (χ2v) is 5.10. The number of alkyl halides is 3. The van der Waals surface area contributed by atoms with Crippen molar-refractivity contribution >= 4 is 23.2 Å². The molecule has 0 aliphatic carbocycles. The van der Waals surface area contributed by atoms with Crippen LogP contribution in [0.4, 0.5) is 13.2 Å². The molecule has 0 fully saturated rings. The summed E-state index contributed by atoms with van der Waals surface area (Å²) >= 11 is 11.4. The monoisotopic (exact) mass is 320 g/mol. The molecule has 1 nitrogen and oxygen atoms in total. The third-order valence-electron chi connectivity index (χ3n) is 2.91. The van der Waals surface area contributed by atoms with E-state index < -0.39 is 11.8 Å². The van der Waals surface area contributed by atoms with Gasteiger partial charge in [-0.15, -0.1) is 0 Å². The van der Waals surface area contributed by atoms with Gasteiger partial charge in [0.25, 0.3) is 0 Å². The SMILES string of the molecule is OC(c1ccc(Cl)cc1)(c1cccc(Cl)c1)C(F)(F)F. The van der Waals surface area contributed by atoms with E-state index in [2.05, 4.69) is 0 Å². The lowest BCUT2D eigenvalue weighted by Crippen LogP contribution is -2.43. The molecule has 1 N–H and O–H groups in total. The highest BCUT2D eigenvalue weighted by Gasteiger charge is 2.56. The van der Waals surface area contributed by atoms with Crippen molar-refractivity contribution in [2.24, 2.45) is 0 Å². The number of hydrogen-bond acceptors (Lipinski definition) is 1. The minimum atomic E-state index is -4.90. The average Bonchev–Trinajstić information content (AvgIpc) is 2.37. The van der Waals surface area contributed by atoms with E-state index in [1.54, 1.807) is 0 Å². The average molecular weight is 321 g/mol.